The van der Waals surface area contributed by atoms with Crippen LogP contribution in [0.15, 0.2) is 23.9 Å². The van der Waals surface area contributed by atoms with E-state index in [1.54, 1.807) is 6.92 Å². The summed E-state index contributed by atoms with van der Waals surface area (Å²) in [5.74, 6) is -0.541. The molecule has 0 bridgehead atoms. The van der Waals surface area contributed by atoms with E-state index in [1.165, 1.54) is 13.0 Å². The van der Waals surface area contributed by atoms with E-state index in [0.717, 1.165) is 0 Å². The number of carboxylic acid groups (broad SMARTS) is 1. The molecule has 15 heavy (non-hydrogen) atoms. The van der Waals surface area contributed by atoms with Crippen molar-refractivity contribution in [2.75, 3.05) is 6.61 Å². The van der Waals surface area contributed by atoms with E-state index in [2.05, 4.69) is 11.9 Å². The molecular weight excluding hydrogens is 198 g/mol. The zero-order valence-corrected chi connectivity index (χ0v) is 8.87. The summed E-state index contributed by atoms with van der Waals surface area (Å²) >= 11 is 0. The van der Waals surface area contributed by atoms with Crippen LogP contribution in [0.1, 0.15) is 20.3 Å². The first-order valence-corrected chi connectivity index (χ1v) is 4.50. The van der Waals surface area contributed by atoms with E-state index in [1.807, 2.05) is 0 Å². The summed E-state index contributed by atoms with van der Waals surface area (Å²) in [4.78, 5) is 21.7. The maximum Gasteiger partial charge on any atom is 0.408 e. The molecule has 0 aromatic carbocycles. The van der Waals surface area contributed by atoms with Crippen LogP contribution >= 0.6 is 0 Å². The average Bonchev–Trinajstić information content (AvgIpc) is 2.21. The second-order valence-corrected chi connectivity index (χ2v) is 2.77. The lowest BCUT2D eigenvalue weighted by molar-refractivity contribution is -0.137. The molecule has 0 saturated carbocycles. The molecule has 0 aliphatic carbocycles. The molecule has 2 N–H and O–H groups in total. The van der Waals surface area contributed by atoms with Gasteiger partial charge in [0.1, 0.15) is 6.61 Å². The molecule has 84 valence electrons. The van der Waals surface area contributed by atoms with E-state index >= 15 is 0 Å². The van der Waals surface area contributed by atoms with Gasteiger partial charge in [0.15, 0.2) is 0 Å². The molecule has 0 aromatic rings. The van der Waals surface area contributed by atoms with Crippen molar-refractivity contribution in [3.8, 4) is 0 Å². The molecule has 5 heteroatoms. The van der Waals surface area contributed by atoms with Crippen LogP contribution in [0.2, 0.25) is 0 Å². The van der Waals surface area contributed by atoms with Crippen molar-refractivity contribution in [1.29, 1.82) is 0 Å². The molecule has 0 aromatic heterocycles. The van der Waals surface area contributed by atoms with Crippen LogP contribution in [0, 0.1) is 0 Å². The number of amides is 1. The van der Waals surface area contributed by atoms with E-state index in [9.17, 15) is 9.59 Å². The molecular formula is C10H15NO4. The van der Waals surface area contributed by atoms with E-state index in [4.69, 9.17) is 9.84 Å². The lowest BCUT2D eigenvalue weighted by Crippen LogP contribution is -2.23. The molecule has 0 saturated heterocycles. The third-order valence-electron chi connectivity index (χ3n) is 1.70. The number of rotatable bonds is 5. The highest BCUT2D eigenvalue weighted by Gasteiger charge is 2.12. The zero-order chi connectivity index (χ0) is 11.8. The Morgan fingerprint density at radius 2 is 2.13 bits per heavy atom. The van der Waals surface area contributed by atoms with Crippen LogP contribution in [0.5, 0.6) is 0 Å². The number of nitrogens with one attached hydrogen (secondary N) is 1. The number of hydrogen-bond acceptors (Lipinski definition) is 3. The summed E-state index contributed by atoms with van der Waals surface area (Å²) in [5, 5.41) is 10.7. The van der Waals surface area contributed by atoms with Gasteiger partial charge in [-0.1, -0.05) is 19.6 Å². The van der Waals surface area contributed by atoms with Gasteiger partial charge in [0, 0.05) is 5.70 Å². The van der Waals surface area contributed by atoms with Gasteiger partial charge in [-0.15, -0.1) is 0 Å². The summed E-state index contributed by atoms with van der Waals surface area (Å²) in [6.45, 7) is 6.77. The third-order valence-corrected chi connectivity index (χ3v) is 1.70. The number of carbonyl (C=O) groups is 2. The molecule has 0 aliphatic heterocycles. The minimum absolute atomic E-state index is 0.111. The minimum Gasteiger partial charge on any atom is -0.465 e. The van der Waals surface area contributed by atoms with E-state index < -0.39 is 12.1 Å². The van der Waals surface area contributed by atoms with Crippen LogP contribution < -0.4 is 5.32 Å². The standard InChI is InChI=1S/C10H15NO4/c1-4-6-15-9(12)7(3)8(5-2)11-10(13)14/h4,11H,1,5-6H2,2-3H3,(H,13,14). The lowest BCUT2D eigenvalue weighted by Gasteiger charge is -2.08. The predicted octanol–water partition coefficient (Wildman–Crippen LogP) is 1.67. The fraction of sp³-hybridized carbons (Fsp3) is 0.400. The SMILES string of the molecule is C=CCOC(=O)C(C)=C(CC)NC(=O)O. The van der Waals surface area contributed by atoms with E-state index in [0.29, 0.717) is 12.1 Å². The summed E-state index contributed by atoms with van der Waals surface area (Å²) in [6.07, 6.45) is 0.672. The Kier molecular flexibility index (Phi) is 5.85. The molecule has 0 unspecified atom stereocenters. The largest absolute Gasteiger partial charge is 0.465 e. The lowest BCUT2D eigenvalue weighted by atomic mass is 10.2. The van der Waals surface area contributed by atoms with Gasteiger partial charge >= 0.3 is 12.1 Å². The Bertz CT molecular complexity index is 294. The van der Waals surface area contributed by atoms with Crippen LogP contribution in [-0.2, 0) is 9.53 Å². The molecule has 0 radical (unpaired) electrons. The van der Waals surface area contributed by atoms with Crippen LogP contribution in [0.3, 0.4) is 0 Å². The van der Waals surface area contributed by atoms with Gasteiger partial charge in [-0.2, -0.15) is 0 Å². The Morgan fingerprint density at radius 1 is 1.53 bits per heavy atom. The first-order valence-electron chi connectivity index (χ1n) is 4.50. The molecule has 1 amide bonds. The predicted molar refractivity (Wildman–Crippen MR) is 55.3 cm³/mol. The Morgan fingerprint density at radius 3 is 2.53 bits per heavy atom. The van der Waals surface area contributed by atoms with Gasteiger partial charge in [-0.3, -0.25) is 5.32 Å². The number of esters is 1. The fourth-order valence-electron chi connectivity index (χ4n) is 0.942. The normalized spacial score (nSPS) is 11.3. The second kappa shape index (κ2) is 6.64. The molecule has 5 nitrogen and oxygen atoms in total. The topological polar surface area (TPSA) is 75.6 Å². The third kappa shape index (κ3) is 4.85. The summed E-state index contributed by atoms with van der Waals surface area (Å²) in [7, 11) is 0. The maximum atomic E-state index is 11.3. The van der Waals surface area contributed by atoms with Crippen molar-refractivity contribution in [1.82, 2.24) is 5.32 Å². The molecule has 0 atom stereocenters. The van der Waals surface area contributed by atoms with Crippen LogP contribution in [-0.4, -0.2) is 23.8 Å². The minimum atomic E-state index is -1.19. The van der Waals surface area contributed by atoms with Crippen molar-refractivity contribution in [3.05, 3.63) is 23.9 Å². The number of allylic oxidation sites excluding steroid dienone is 1. The molecule has 0 fully saturated rings. The Balaban J connectivity index is 4.61. The average molecular weight is 213 g/mol. The molecule has 0 heterocycles. The van der Waals surface area contributed by atoms with Crippen LogP contribution in [0.25, 0.3) is 0 Å². The van der Waals surface area contributed by atoms with Gasteiger partial charge in [0.05, 0.1) is 5.57 Å². The number of hydrogen-bond donors (Lipinski definition) is 2. The molecule has 0 aliphatic rings. The summed E-state index contributed by atoms with van der Waals surface area (Å²) in [6, 6.07) is 0. The van der Waals surface area contributed by atoms with Gasteiger partial charge in [-0.25, -0.2) is 9.59 Å². The highest BCUT2D eigenvalue weighted by atomic mass is 16.5. The number of ether oxygens (including phenoxy) is 1. The van der Waals surface area contributed by atoms with Gasteiger partial charge < -0.3 is 9.84 Å². The molecule has 0 rings (SSSR count). The van der Waals surface area contributed by atoms with Crippen molar-refractivity contribution in [2.24, 2.45) is 0 Å². The second-order valence-electron chi connectivity index (χ2n) is 2.77. The first-order chi connectivity index (χ1) is 7.02. The zero-order valence-electron chi connectivity index (χ0n) is 8.87. The number of carbonyl (C=O) groups excluding carboxylic acids is 1. The quantitative estimate of drug-likeness (QED) is 0.414. The van der Waals surface area contributed by atoms with Crippen LogP contribution in [0.4, 0.5) is 4.79 Å². The van der Waals surface area contributed by atoms with Crippen molar-refractivity contribution in [3.63, 3.8) is 0 Å². The van der Waals surface area contributed by atoms with Gasteiger partial charge in [0.2, 0.25) is 0 Å². The summed E-state index contributed by atoms with van der Waals surface area (Å²) in [5.41, 5.74) is 0.610. The fourth-order valence-corrected chi connectivity index (χ4v) is 0.942. The highest BCUT2D eigenvalue weighted by Crippen LogP contribution is 2.07. The van der Waals surface area contributed by atoms with E-state index in [-0.39, 0.29) is 12.2 Å². The van der Waals surface area contributed by atoms with Crippen molar-refractivity contribution >= 4 is 12.1 Å². The van der Waals surface area contributed by atoms with Crippen molar-refractivity contribution < 1.29 is 19.4 Å². The monoisotopic (exact) mass is 213 g/mol. The Hall–Kier alpha value is -1.78. The van der Waals surface area contributed by atoms with Gasteiger partial charge in [-0.05, 0) is 13.3 Å². The Labute approximate surface area is 88.4 Å². The van der Waals surface area contributed by atoms with Gasteiger partial charge in [0.25, 0.3) is 0 Å². The smallest absolute Gasteiger partial charge is 0.408 e. The molecule has 0 spiro atoms. The first kappa shape index (κ1) is 13.2. The van der Waals surface area contributed by atoms with Crippen molar-refractivity contribution in [2.45, 2.75) is 20.3 Å². The summed E-state index contributed by atoms with van der Waals surface area (Å²) < 4.78 is 4.77. The highest BCUT2D eigenvalue weighted by molar-refractivity contribution is 5.89. The maximum absolute atomic E-state index is 11.3.